The van der Waals surface area contributed by atoms with Gasteiger partial charge in [0.15, 0.2) is 0 Å². The summed E-state index contributed by atoms with van der Waals surface area (Å²) in [7, 11) is 0. The zero-order chi connectivity index (χ0) is 15.4. The summed E-state index contributed by atoms with van der Waals surface area (Å²) in [4.78, 5) is 37.6. The first-order chi connectivity index (χ1) is 10.0. The first-order valence-electron chi connectivity index (χ1n) is 7.83. The van der Waals surface area contributed by atoms with Crippen LogP contribution in [0.15, 0.2) is 0 Å². The minimum atomic E-state index is -0.598. The second kappa shape index (κ2) is 7.02. The van der Waals surface area contributed by atoms with Crippen LogP contribution in [0.3, 0.4) is 0 Å². The summed E-state index contributed by atoms with van der Waals surface area (Å²) >= 11 is 0. The molecule has 2 rings (SSSR count). The molecule has 0 bridgehead atoms. The van der Waals surface area contributed by atoms with Crippen LogP contribution in [0.4, 0.5) is 0 Å². The molecule has 0 aromatic rings. The average molecular weight is 296 g/mol. The van der Waals surface area contributed by atoms with Crippen molar-refractivity contribution in [2.45, 2.75) is 70.5 Å². The van der Waals surface area contributed by atoms with E-state index in [1.54, 1.807) is 13.8 Å². The number of likely N-dealkylation sites (tertiary alicyclic amines) is 1. The van der Waals surface area contributed by atoms with E-state index in [-0.39, 0.29) is 24.3 Å². The molecule has 2 aliphatic rings. The Bertz CT molecular complexity index is 418. The van der Waals surface area contributed by atoms with Gasteiger partial charge in [0, 0.05) is 6.04 Å². The molecule has 1 saturated heterocycles. The minimum absolute atomic E-state index is 0.0449. The van der Waals surface area contributed by atoms with E-state index in [2.05, 4.69) is 5.32 Å². The molecule has 0 aromatic heterocycles. The maximum Gasteiger partial charge on any atom is 0.322 e. The fourth-order valence-corrected chi connectivity index (χ4v) is 3.14. The summed E-state index contributed by atoms with van der Waals surface area (Å²) < 4.78 is 4.91. The Morgan fingerprint density at radius 2 is 2.00 bits per heavy atom. The smallest absolute Gasteiger partial charge is 0.322 e. The standard InChI is InChI=1S/C15H24N2O4/c1-3-21-15(20)10(2)16-12-9-13(18)17(14(12)19)11-7-5-4-6-8-11/h10-12,16H,3-9H2,1-2H3. The summed E-state index contributed by atoms with van der Waals surface area (Å²) in [6.45, 7) is 3.69. The first kappa shape index (κ1) is 15.9. The fourth-order valence-electron chi connectivity index (χ4n) is 3.14. The van der Waals surface area contributed by atoms with Crippen molar-refractivity contribution in [2.75, 3.05) is 6.61 Å². The Kier molecular flexibility index (Phi) is 5.33. The molecule has 118 valence electrons. The molecule has 0 radical (unpaired) electrons. The van der Waals surface area contributed by atoms with E-state index in [0.29, 0.717) is 6.61 Å². The van der Waals surface area contributed by atoms with Gasteiger partial charge in [-0.3, -0.25) is 24.6 Å². The molecule has 21 heavy (non-hydrogen) atoms. The van der Waals surface area contributed by atoms with E-state index in [0.717, 1.165) is 25.7 Å². The number of nitrogens with zero attached hydrogens (tertiary/aromatic N) is 1. The number of rotatable bonds is 5. The number of hydrogen-bond donors (Lipinski definition) is 1. The van der Waals surface area contributed by atoms with Crippen LogP contribution in [-0.2, 0) is 19.1 Å². The van der Waals surface area contributed by atoms with E-state index in [9.17, 15) is 14.4 Å². The largest absolute Gasteiger partial charge is 0.465 e. The van der Waals surface area contributed by atoms with E-state index in [1.807, 2.05) is 0 Å². The van der Waals surface area contributed by atoms with Crippen molar-refractivity contribution in [3.8, 4) is 0 Å². The lowest BCUT2D eigenvalue weighted by Gasteiger charge is -2.29. The number of amides is 2. The van der Waals surface area contributed by atoms with E-state index in [1.165, 1.54) is 11.3 Å². The van der Waals surface area contributed by atoms with Crippen molar-refractivity contribution in [2.24, 2.45) is 0 Å². The van der Waals surface area contributed by atoms with Crippen LogP contribution >= 0.6 is 0 Å². The van der Waals surface area contributed by atoms with Gasteiger partial charge in [-0.2, -0.15) is 0 Å². The maximum atomic E-state index is 12.4. The molecule has 1 aliphatic carbocycles. The lowest BCUT2D eigenvalue weighted by atomic mass is 9.94. The lowest BCUT2D eigenvalue weighted by Crippen LogP contribution is -2.48. The topological polar surface area (TPSA) is 75.7 Å². The first-order valence-corrected chi connectivity index (χ1v) is 7.83. The summed E-state index contributed by atoms with van der Waals surface area (Å²) in [5, 5.41) is 2.93. The number of carbonyl (C=O) groups excluding carboxylic acids is 3. The van der Waals surface area contributed by atoms with Crippen LogP contribution in [0.25, 0.3) is 0 Å². The van der Waals surface area contributed by atoms with Crippen molar-refractivity contribution in [1.29, 1.82) is 0 Å². The van der Waals surface area contributed by atoms with E-state index in [4.69, 9.17) is 4.74 Å². The molecular weight excluding hydrogens is 272 g/mol. The molecule has 1 heterocycles. The van der Waals surface area contributed by atoms with Crippen LogP contribution < -0.4 is 5.32 Å². The SMILES string of the molecule is CCOC(=O)C(C)NC1CC(=O)N(C2CCCCC2)C1=O. The molecule has 1 saturated carbocycles. The van der Waals surface area contributed by atoms with Crippen molar-refractivity contribution >= 4 is 17.8 Å². The minimum Gasteiger partial charge on any atom is -0.465 e. The number of nitrogens with one attached hydrogen (secondary N) is 1. The molecule has 0 aromatic carbocycles. The van der Waals surface area contributed by atoms with Gasteiger partial charge in [0.1, 0.15) is 6.04 Å². The molecule has 6 nitrogen and oxygen atoms in total. The predicted molar refractivity (Wildman–Crippen MR) is 76.4 cm³/mol. The molecule has 6 heteroatoms. The number of imide groups is 1. The third-order valence-corrected chi connectivity index (χ3v) is 4.21. The Labute approximate surface area is 125 Å². The zero-order valence-electron chi connectivity index (χ0n) is 12.8. The van der Waals surface area contributed by atoms with Gasteiger partial charge in [-0.05, 0) is 26.7 Å². The molecule has 1 N–H and O–H groups in total. The number of hydrogen-bond acceptors (Lipinski definition) is 5. The maximum absolute atomic E-state index is 12.4. The van der Waals surface area contributed by atoms with Crippen LogP contribution in [-0.4, -0.2) is 47.4 Å². The highest BCUT2D eigenvalue weighted by Gasteiger charge is 2.43. The van der Waals surface area contributed by atoms with Gasteiger partial charge in [-0.1, -0.05) is 19.3 Å². The van der Waals surface area contributed by atoms with Gasteiger partial charge in [-0.15, -0.1) is 0 Å². The highest BCUT2D eigenvalue weighted by Crippen LogP contribution is 2.27. The van der Waals surface area contributed by atoms with Crippen molar-refractivity contribution in [3.05, 3.63) is 0 Å². The number of ether oxygens (including phenoxy) is 1. The van der Waals surface area contributed by atoms with Gasteiger partial charge in [0.25, 0.3) is 0 Å². The molecule has 2 amide bonds. The molecule has 2 unspecified atom stereocenters. The third-order valence-electron chi connectivity index (χ3n) is 4.21. The second-order valence-corrected chi connectivity index (χ2v) is 5.79. The lowest BCUT2D eigenvalue weighted by molar-refractivity contribution is -0.145. The van der Waals surface area contributed by atoms with Gasteiger partial charge >= 0.3 is 5.97 Å². The van der Waals surface area contributed by atoms with Crippen molar-refractivity contribution < 1.29 is 19.1 Å². The second-order valence-electron chi connectivity index (χ2n) is 5.79. The number of esters is 1. The van der Waals surface area contributed by atoms with E-state index >= 15 is 0 Å². The molecule has 1 aliphatic heterocycles. The van der Waals surface area contributed by atoms with Crippen LogP contribution in [0.1, 0.15) is 52.4 Å². The highest BCUT2D eigenvalue weighted by molar-refractivity contribution is 6.06. The van der Waals surface area contributed by atoms with Crippen molar-refractivity contribution in [3.63, 3.8) is 0 Å². The fraction of sp³-hybridized carbons (Fsp3) is 0.800. The Hall–Kier alpha value is -1.43. The van der Waals surface area contributed by atoms with Gasteiger partial charge in [-0.25, -0.2) is 0 Å². The van der Waals surface area contributed by atoms with Gasteiger partial charge in [0.05, 0.1) is 19.1 Å². The zero-order valence-corrected chi connectivity index (χ0v) is 12.8. The Balaban J connectivity index is 1.95. The average Bonchev–Trinajstić information content (AvgIpc) is 2.74. The Morgan fingerprint density at radius 1 is 1.33 bits per heavy atom. The highest BCUT2D eigenvalue weighted by atomic mass is 16.5. The summed E-state index contributed by atoms with van der Waals surface area (Å²) in [5.74, 6) is -0.711. The molecule has 2 atom stereocenters. The van der Waals surface area contributed by atoms with Crippen LogP contribution in [0.5, 0.6) is 0 Å². The molecular formula is C15H24N2O4. The summed E-state index contributed by atoms with van der Waals surface area (Å²) in [6, 6.07) is -1.14. The normalized spacial score (nSPS) is 25.2. The van der Waals surface area contributed by atoms with Gasteiger partial charge < -0.3 is 4.74 Å². The molecule has 0 spiro atoms. The van der Waals surface area contributed by atoms with Crippen LogP contribution in [0.2, 0.25) is 0 Å². The van der Waals surface area contributed by atoms with Gasteiger partial charge in [0.2, 0.25) is 11.8 Å². The van der Waals surface area contributed by atoms with Crippen LogP contribution in [0, 0.1) is 0 Å². The number of carbonyl (C=O) groups is 3. The summed E-state index contributed by atoms with van der Waals surface area (Å²) in [6.07, 6.45) is 5.25. The van der Waals surface area contributed by atoms with Crippen molar-refractivity contribution in [1.82, 2.24) is 10.2 Å². The molecule has 2 fully saturated rings. The quantitative estimate of drug-likeness (QED) is 0.605. The van der Waals surface area contributed by atoms with E-state index < -0.39 is 18.1 Å². The Morgan fingerprint density at radius 3 is 2.62 bits per heavy atom. The third kappa shape index (κ3) is 3.61. The summed E-state index contributed by atoms with van der Waals surface area (Å²) in [5.41, 5.74) is 0. The monoisotopic (exact) mass is 296 g/mol. The predicted octanol–water partition coefficient (Wildman–Crippen LogP) is 0.988.